The van der Waals surface area contributed by atoms with Crippen molar-refractivity contribution in [2.24, 2.45) is 11.8 Å². The van der Waals surface area contributed by atoms with E-state index in [-0.39, 0.29) is 13.1 Å². The van der Waals surface area contributed by atoms with Crippen LogP contribution < -0.4 is 5.32 Å². The molecule has 2 aliphatic rings. The first-order valence-corrected chi connectivity index (χ1v) is 5.46. The quantitative estimate of drug-likeness (QED) is 0.655. The summed E-state index contributed by atoms with van der Waals surface area (Å²) in [4.78, 5) is 0. The van der Waals surface area contributed by atoms with Gasteiger partial charge in [-0.05, 0) is 12.8 Å². The highest BCUT2D eigenvalue weighted by Gasteiger charge is 2.63. The molecular weight excluding hydrogens is 207 g/mol. The van der Waals surface area contributed by atoms with Gasteiger partial charge in [-0.3, -0.25) is 0 Å². The second kappa shape index (κ2) is 3.63. The normalized spacial score (nSPS) is 42.4. The molecule has 15 heavy (non-hydrogen) atoms. The highest BCUT2D eigenvalue weighted by atomic mass is 19.4. The number of aliphatic hydroxyl groups is 1. The van der Waals surface area contributed by atoms with E-state index in [0.717, 1.165) is 12.8 Å². The molecule has 1 saturated carbocycles. The van der Waals surface area contributed by atoms with Crippen LogP contribution in [0.3, 0.4) is 0 Å². The van der Waals surface area contributed by atoms with E-state index in [1.807, 2.05) is 0 Å². The zero-order chi connectivity index (χ0) is 11.1. The van der Waals surface area contributed by atoms with Gasteiger partial charge in [-0.15, -0.1) is 0 Å². The van der Waals surface area contributed by atoms with Crippen molar-refractivity contribution in [1.82, 2.24) is 5.32 Å². The molecule has 1 saturated heterocycles. The number of rotatable bonds is 0. The van der Waals surface area contributed by atoms with Crippen LogP contribution >= 0.6 is 0 Å². The molecule has 0 radical (unpaired) electrons. The van der Waals surface area contributed by atoms with Gasteiger partial charge in [-0.2, -0.15) is 13.2 Å². The van der Waals surface area contributed by atoms with Crippen molar-refractivity contribution in [1.29, 1.82) is 0 Å². The van der Waals surface area contributed by atoms with Gasteiger partial charge in [0, 0.05) is 24.9 Å². The predicted molar refractivity (Wildman–Crippen MR) is 49.3 cm³/mol. The Hall–Kier alpha value is -0.290. The van der Waals surface area contributed by atoms with Crippen LogP contribution in [0.4, 0.5) is 13.2 Å². The van der Waals surface area contributed by atoms with Crippen molar-refractivity contribution in [3.8, 4) is 0 Å². The maximum Gasteiger partial charge on any atom is 0.417 e. The third kappa shape index (κ3) is 1.65. The topological polar surface area (TPSA) is 32.3 Å². The van der Waals surface area contributed by atoms with Crippen LogP contribution in [0, 0.1) is 11.8 Å². The summed E-state index contributed by atoms with van der Waals surface area (Å²) in [5.74, 6) is -1.34. The fourth-order valence-corrected chi connectivity index (χ4v) is 2.96. The van der Waals surface area contributed by atoms with Crippen LogP contribution in [0.5, 0.6) is 0 Å². The van der Waals surface area contributed by atoms with Gasteiger partial charge in [0.2, 0.25) is 0 Å². The molecule has 1 heterocycles. The van der Waals surface area contributed by atoms with E-state index in [0.29, 0.717) is 12.8 Å². The Morgan fingerprint density at radius 3 is 1.93 bits per heavy atom. The van der Waals surface area contributed by atoms with Crippen molar-refractivity contribution in [3.63, 3.8) is 0 Å². The fourth-order valence-electron chi connectivity index (χ4n) is 2.96. The second-order valence-corrected chi connectivity index (χ2v) is 4.66. The molecule has 3 atom stereocenters. The minimum absolute atomic E-state index is 0.284. The highest BCUT2D eigenvalue weighted by Crippen LogP contribution is 2.48. The summed E-state index contributed by atoms with van der Waals surface area (Å²) in [6, 6.07) is 0. The molecule has 88 valence electrons. The molecule has 2 nitrogen and oxygen atoms in total. The van der Waals surface area contributed by atoms with E-state index in [2.05, 4.69) is 5.32 Å². The average Bonchev–Trinajstić information content (AvgIpc) is 2.25. The first kappa shape index (κ1) is 11.2. The van der Waals surface area contributed by atoms with E-state index in [4.69, 9.17) is 0 Å². The van der Waals surface area contributed by atoms with E-state index in [1.54, 1.807) is 0 Å². The molecule has 2 N–H and O–H groups in total. The zero-order valence-electron chi connectivity index (χ0n) is 8.48. The highest BCUT2D eigenvalue weighted by molar-refractivity contribution is 5.04. The Bertz CT molecular complexity index is 227. The van der Waals surface area contributed by atoms with Crippen LogP contribution in [0.15, 0.2) is 0 Å². The van der Waals surface area contributed by atoms with Crippen molar-refractivity contribution in [2.45, 2.75) is 37.5 Å². The van der Waals surface area contributed by atoms with Gasteiger partial charge >= 0.3 is 6.18 Å². The summed E-state index contributed by atoms with van der Waals surface area (Å²) in [6.07, 6.45) is -1.96. The van der Waals surface area contributed by atoms with E-state index >= 15 is 0 Å². The Labute approximate surface area is 86.9 Å². The smallest absolute Gasteiger partial charge is 0.380 e. The maximum absolute atomic E-state index is 12.9. The van der Waals surface area contributed by atoms with Gasteiger partial charge in [0.05, 0.1) is 0 Å². The minimum Gasteiger partial charge on any atom is -0.380 e. The van der Waals surface area contributed by atoms with Crippen LogP contribution in [-0.2, 0) is 0 Å². The van der Waals surface area contributed by atoms with Crippen molar-refractivity contribution >= 4 is 0 Å². The molecule has 0 aromatic heterocycles. The molecule has 5 heteroatoms. The fraction of sp³-hybridized carbons (Fsp3) is 1.00. The minimum atomic E-state index is -4.49. The lowest BCUT2D eigenvalue weighted by atomic mass is 9.72. The van der Waals surface area contributed by atoms with Crippen molar-refractivity contribution < 1.29 is 18.3 Å². The van der Waals surface area contributed by atoms with E-state index < -0.39 is 23.6 Å². The SMILES string of the molecule is OC1(C(F)(F)F)[C@@H]2CCCC[C@H]1CNC2. The summed E-state index contributed by atoms with van der Waals surface area (Å²) in [7, 11) is 0. The second-order valence-electron chi connectivity index (χ2n) is 4.66. The number of nitrogens with one attached hydrogen (secondary N) is 1. The molecule has 0 aromatic carbocycles. The van der Waals surface area contributed by atoms with Crippen LogP contribution in [0.25, 0.3) is 0 Å². The summed E-state index contributed by atoms with van der Waals surface area (Å²) in [5.41, 5.74) is -2.45. The van der Waals surface area contributed by atoms with Gasteiger partial charge < -0.3 is 10.4 Å². The Morgan fingerprint density at radius 2 is 1.53 bits per heavy atom. The number of hydrogen-bond donors (Lipinski definition) is 2. The lowest BCUT2D eigenvalue weighted by molar-refractivity contribution is -0.303. The number of alkyl halides is 3. The summed E-state index contributed by atoms with van der Waals surface area (Å²) >= 11 is 0. The van der Waals surface area contributed by atoms with Gasteiger partial charge in [-0.1, -0.05) is 12.8 Å². The largest absolute Gasteiger partial charge is 0.417 e. The van der Waals surface area contributed by atoms with Gasteiger partial charge in [-0.25, -0.2) is 0 Å². The zero-order valence-corrected chi connectivity index (χ0v) is 8.48. The van der Waals surface area contributed by atoms with Crippen molar-refractivity contribution in [2.75, 3.05) is 13.1 Å². The number of halogens is 3. The number of piperidine rings is 1. The molecule has 0 amide bonds. The molecule has 1 unspecified atom stereocenters. The third-order valence-corrected chi connectivity index (χ3v) is 3.84. The average molecular weight is 223 g/mol. The molecule has 1 aliphatic heterocycles. The maximum atomic E-state index is 12.9. The Balaban J connectivity index is 2.33. The lowest BCUT2D eigenvalue weighted by Crippen LogP contribution is -2.63. The first-order chi connectivity index (χ1) is 6.96. The Kier molecular flexibility index (Phi) is 2.71. The molecule has 0 aromatic rings. The van der Waals surface area contributed by atoms with E-state index in [1.165, 1.54) is 0 Å². The Morgan fingerprint density at radius 1 is 1.07 bits per heavy atom. The van der Waals surface area contributed by atoms with Crippen LogP contribution in [0.1, 0.15) is 25.7 Å². The van der Waals surface area contributed by atoms with Crippen LogP contribution in [0.2, 0.25) is 0 Å². The van der Waals surface area contributed by atoms with Crippen molar-refractivity contribution in [3.05, 3.63) is 0 Å². The third-order valence-electron chi connectivity index (χ3n) is 3.84. The molecule has 2 bridgehead atoms. The summed E-state index contributed by atoms with van der Waals surface area (Å²) in [6.45, 7) is 0.568. The molecule has 1 aliphatic carbocycles. The summed E-state index contributed by atoms with van der Waals surface area (Å²) in [5, 5.41) is 13.0. The number of hydrogen-bond acceptors (Lipinski definition) is 2. The monoisotopic (exact) mass is 223 g/mol. The van der Waals surface area contributed by atoms with Gasteiger partial charge in [0.25, 0.3) is 0 Å². The standard InChI is InChI=1S/C10H16F3NO/c11-10(12,13)9(15)7-3-1-2-4-8(9)6-14-5-7/h7-8,14-15H,1-6H2/t7-,8+,9?. The van der Waals surface area contributed by atoms with Crippen LogP contribution in [-0.4, -0.2) is 30.0 Å². The van der Waals surface area contributed by atoms with Gasteiger partial charge in [0.15, 0.2) is 5.60 Å². The lowest BCUT2D eigenvalue weighted by Gasteiger charge is -2.45. The molecule has 0 spiro atoms. The molecule has 2 rings (SSSR count). The summed E-state index contributed by atoms with van der Waals surface area (Å²) < 4.78 is 38.8. The molecule has 2 fully saturated rings. The van der Waals surface area contributed by atoms with Gasteiger partial charge in [0.1, 0.15) is 0 Å². The van der Waals surface area contributed by atoms with E-state index in [9.17, 15) is 18.3 Å². The molecular formula is C10H16F3NO. The number of fused-ring (bicyclic) bond motifs is 2. The first-order valence-electron chi connectivity index (χ1n) is 5.46. The predicted octanol–water partition coefficient (Wildman–Crippen LogP) is 1.69.